The third kappa shape index (κ3) is 2.00. The average Bonchev–Trinajstić information content (AvgIpc) is 2.72. The number of phenolic OH excluding ortho intramolecular Hbond substituents is 1. The summed E-state index contributed by atoms with van der Waals surface area (Å²) in [4.78, 5) is 4.58. The summed E-state index contributed by atoms with van der Waals surface area (Å²) in [5.41, 5.74) is 6.77. The maximum absolute atomic E-state index is 9.44. The number of fused-ring (bicyclic) bond motifs is 1. The smallest absolute Gasteiger partial charge is 0.216 e. The van der Waals surface area contributed by atoms with Crippen molar-refractivity contribution in [1.82, 2.24) is 0 Å². The minimum absolute atomic E-state index is 0.173. The van der Waals surface area contributed by atoms with Gasteiger partial charge < -0.3 is 15.6 Å². The van der Waals surface area contributed by atoms with Crippen LogP contribution in [0.3, 0.4) is 0 Å². The molecule has 1 fully saturated rings. The number of hydrogen-bond acceptors (Lipinski definition) is 4. The maximum Gasteiger partial charge on any atom is 0.216 e. The number of hydrogen-bond donors (Lipinski definition) is 2. The van der Waals surface area contributed by atoms with E-state index >= 15 is 0 Å². The number of aromatic hydroxyl groups is 1. The Bertz CT molecular complexity index is 458. The van der Waals surface area contributed by atoms with Crippen molar-refractivity contribution in [2.45, 2.75) is 37.5 Å². The van der Waals surface area contributed by atoms with E-state index in [4.69, 9.17) is 10.5 Å². The second-order valence-electron chi connectivity index (χ2n) is 4.78. The van der Waals surface area contributed by atoms with Crippen molar-refractivity contribution in [3.8, 4) is 5.75 Å². The van der Waals surface area contributed by atoms with Crippen LogP contribution in [0.2, 0.25) is 0 Å². The second kappa shape index (κ2) is 4.04. The monoisotopic (exact) mass is 232 g/mol. The van der Waals surface area contributed by atoms with Crippen molar-refractivity contribution in [3.63, 3.8) is 0 Å². The molecule has 1 saturated carbocycles. The van der Waals surface area contributed by atoms with Crippen LogP contribution < -0.4 is 5.73 Å². The molecule has 1 aliphatic heterocycles. The Morgan fingerprint density at radius 2 is 2.24 bits per heavy atom. The zero-order valence-corrected chi connectivity index (χ0v) is 9.54. The molecule has 4 heteroatoms. The van der Waals surface area contributed by atoms with Crippen molar-refractivity contribution in [2.24, 2.45) is 10.7 Å². The highest BCUT2D eigenvalue weighted by atomic mass is 16.5. The van der Waals surface area contributed by atoms with E-state index in [0.717, 1.165) is 24.8 Å². The van der Waals surface area contributed by atoms with Crippen LogP contribution in [0.4, 0.5) is 0 Å². The summed E-state index contributed by atoms with van der Waals surface area (Å²) in [6.07, 6.45) is 3.04. The predicted octanol–water partition coefficient (Wildman–Crippen LogP) is 1.42. The molecule has 3 atom stereocenters. The Morgan fingerprint density at radius 3 is 3.06 bits per heavy atom. The molecule has 4 nitrogen and oxygen atoms in total. The van der Waals surface area contributed by atoms with Gasteiger partial charge in [-0.05, 0) is 37.5 Å². The summed E-state index contributed by atoms with van der Waals surface area (Å²) in [5, 5.41) is 9.44. The Morgan fingerprint density at radius 1 is 1.35 bits per heavy atom. The van der Waals surface area contributed by atoms with Gasteiger partial charge in [-0.15, -0.1) is 0 Å². The Hall–Kier alpha value is -1.55. The highest BCUT2D eigenvalue weighted by Crippen LogP contribution is 2.30. The summed E-state index contributed by atoms with van der Waals surface area (Å²) < 4.78 is 5.84. The molecule has 1 aromatic carbocycles. The third-order valence-corrected chi connectivity index (χ3v) is 3.43. The van der Waals surface area contributed by atoms with Crippen LogP contribution in [-0.2, 0) is 4.74 Å². The molecule has 3 N–H and O–H groups in total. The SMILES string of the molecule is NC1CCC2OC(c3cccc(O)c3)=NC2C1. The quantitative estimate of drug-likeness (QED) is 0.769. The molecule has 1 heterocycles. The minimum atomic E-state index is 0.173. The van der Waals surface area contributed by atoms with Crippen molar-refractivity contribution in [2.75, 3.05) is 0 Å². The first kappa shape index (κ1) is 10.6. The molecule has 17 heavy (non-hydrogen) atoms. The van der Waals surface area contributed by atoms with Crippen molar-refractivity contribution >= 4 is 5.90 Å². The van der Waals surface area contributed by atoms with E-state index < -0.39 is 0 Å². The number of benzene rings is 1. The van der Waals surface area contributed by atoms with E-state index in [2.05, 4.69) is 4.99 Å². The number of rotatable bonds is 1. The molecule has 0 aromatic heterocycles. The largest absolute Gasteiger partial charge is 0.508 e. The van der Waals surface area contributed by atoms with Crippen LogP contribution in [0.25, 0.3) is 0 Å². The van der Waals surface area contributed by atoms with E-state index in [1.54, 1.807) is 18.2 Å². The van der Waals surface area contributed by atoms with Gasteiger partial charge in [-0.25, -0.2) is 4.99 Å². The van der Waals surface area contributed by atoms with Crippen LogP contribution in [0.15, 0.2) is 29.3 Å². The summed E-state index contributed by atoms with van der Waals surface area (Å²) in [7, 11) is 0. The molecule has 90 valence electrons. The van der Waals surface area contributed by atoms with Gasteiger partial charge in [-0.2, -0.15) is 0 Å². The summed E-state index contributed by atoms with van der Waals surface area (Å²) in [5.74, 6) is 0.880. The molecule has 2 aliphatic rings. The number of nitrogens with two attached hydrogens (primary N) is 1. The highest BCUT2D eigenvalue weighted by Gasteiger charge is 2.36. The molecule has 0 bridgehead atoms. The number of nitrogens with zero attached hydrogens (tertiary/aromatic N) is 1. The lowest BCUT2D eigenvalue weighted by Crippen LogP contribution is -2.37. The summed E-state index contributed by atoms with van der Waals surface area (Å²) in [6, 6.07) is 7.45. The van der Waals surface area contributed by atoms with Gasteiger partial charge in [0.2, 0.25) is 5.90 Å². The van der Waals surface area contributed by atoms with Gasteiger partial charge in [-0.1, -0.05) is 6.07 Å². The topological polar surface area (TPSA) is 67.8 Å². The van der Waals surface area contributed by atoms with E-state index in [0.29, 0.717) is 5.90 Å². The lowest BCUT2D eigenvalue weighted by atomic mass is 9.90. The van der Waals surface area contributed by atoms with Crippen LogP contribution in [0, 0.1) is 0 Å². The first-order chi connectivity index (χ1) is 8.22. The molecule has 0 spiro atoms. The fourth-order valence-corrected chi connectivity index (χ4v) is 2.53. The molecule has 0 saturated heterocycles. The number of ether oxygens (including phenoxy) is 1. The zero-order valence-electron chi connectivity index (χ0n) is 9.54. The molecule has 1 aromatic rings. The first-order valence-electron chi connectivity index (χ1n) is 6.02. The van der Waals surface area contributed by atoms with Crippen LogP contribution >= 0.6 is 0 Å². The van der Waals surface area contributed by atoms with Gasteiger partial charge in [-0.3, -0.25) is 0 Å². The third-order valence-electron chi connectivity index (χ3n) is 3.43. The lowest BCUT2D eigenvalue weighted by Gasteiger charge is -2.26. The normalized spacial score (nSPS) is 31.6. The lowest BCUT2D eigenvalue weighted by molar-refractivity contribution is 0.145. The Labute approximate surface area is 100 Å². The number of aliphatic imine (C=N–C) groups is 1. The maximum atomic E-state index is 9.44. The average molecular weight is 232 g/mol. The standard InChI is InChI=1S/C13H16N2O2/c14-9-4-5-12-11(7-9)15-13(17-12)8-2-1-3-10(16)6-8/h1-3,6,9,11-12,16H,4-5,7,14H2. The van der Waals surface area contributed by atoms with Crippen molar-refractivity contribution in [1.29, 1.82) is 0 Å². The molecule has 0 amide bonds. The molecular weight excluding hydrogens is 216 g/mol. The van der Waals surface area contributed by atoms with Crippen LogP contribution in [0.1, 0.15) is 24.8 Å². The van der Waals surface area contributed by atoms with Gasteiger partial charge in [0.25, 0.3) is 0 Å². The molecule has 3 rings (SSSR count). The van der Waals surface area contributed by atoms with Gasteiger partial charge in [0, 0.05) is 11.6 Å². The minimum Gasteiger partial charge on any atom is -0.508 e. The van der Waals surface area contributed by atoms with Gasteiger partial charge in [0.1, 0.15) is 11.9 Å². The zero-order chi connectivity index (χ0) is 11.8. The van der Waals surface area contributed by atoms with Gasteiger partial charge >= 0.3 is 0 Å². The van der Waals surface area contributed by atoms with Gasteiger partial charge in [0.15, 0.2) is 0 Å². The highest BCUT2D eigenvalue weighted by molar-refractivity contribution is 5.95. The van der Waals surface area contributed by atoms with Crippen LogP contribution in [-0.4, -0.2) is 29.2 Å². The van der Waals surface area contributed by atoms with Crippen LogP contribution in [0.5, 0.6) is 5.75 Å². The van der Waals surface area contributed by atoms with Crippen molar-refractivity contribution < 1.29 is 9.84 Å². The molecule has 0 radical (unpaired) electrons. The molecule has 1 aliphatic carbocycles. The van der Waals surface area contributed by atoms with E-state index in [1.165, 1.54) is 0 Å². The molecule has 3 unspecified atom stereocenters. The first-order valence-corrected chi connectivity index (χ1v) is 6.02. The van der Waals surface area contributed by atoms with E-state index in [9.17, 15) is 5.11 Å². The second-order valence-corrected chi connectivity index (χ2v) is 4.78. The molecular formula is C13H16N2O2. The van der Waals surface area contributed by atoms with Gasteiger partial charge in [0.05, 0.1) is 6.04 Å². The van der Waals surface area contributed by atoms with Crippen molar-refractivity contribution in [3.05, 3.63) is 29.8 Å². The summed E-state index contributed by atoms with van der Waals surface area (Å²) >= 11 is 0. The number of phenols is 1. The Kier molecular flexibility index (Phi) is 2.52. The van der Waals surface area contributed by atoms with E-state index in [-0.39, 0.29) is 23.9 Å². The van der Waals surface area contributed by atoms with E-state index in [1.807, 2.05) is 6.07 Å². The predicted molar refractivity (Wildman–Crippen MR) is 65.1 cm³/mol. The Balaban J connectivity index is 1.84. The summed E-state index contributed by atoms with van der Waals surface area (Å²) in [6.45, 7) is 0. The fourth-order valence-electron chi connectivity index (χ4n) is 2.53. The fraction of sp³-hybridized carbons (Fsp3) is 0.462.